The molecule has 0 bridgehead atoms. The summed E-state index contributed by atoms with van der Waals surface area (Å²) in [5.74, 6) is -4.05. The van der Waals surface area contributed by atoms with Crippen molar-refractivity contribution in [2.75, 3.05) is 6.54 Å². The summed E-state index contributed by atoms with van der Waals surface area (Å²) in [6, 6.07) is -0.743. The summed E-state index contributed by atoms with van der Waals surface area (Å²) in [6.45, 7) is 2.15. The molecule has 134 valence electrons. The van der Waals surface area contributed by atoms with Gasteiger partial charge in [-0.1, -0.05) is 0 Å². The van der Waals surface area contributed by atoms with Crippen LogP contribution >= 0.6 is 0 Å². The Morgan fingerprint density at radius 2 is 2.04 bits per heavy atom. The van der Waals surface area contributed by atoms with Gasteiger partial charge in [-0.2, -0.15) is 0 Å². The fourth-order valence-electron chi connectivity index (χ4n) is 4.15. The van der Waals surface area contributed by atoms with Gasteiger partial charge in [0.25, 0.3) is 5.91 Å². The lowest BCUT2D eigenvalue weighted by molar-refractivity contribution is -0.144. The number of urea groups is 1. The first kappa shape index (κ1) is 17.1. The molecule has 3 unspecified atom stereocenters. The Bertz CT molecular complexity index is 569. The number of rotatable bonds is 3. The second-order valence-electron chi connectivity index (χ2n) is 7.42. The third kappa shape index (κ3) is 3.23. The van der Waals surface area contributed by atoms with Crippen molar-refractivity contribution in [2.24, 2.45) is 5.92 Å². The first-order valence-corrected chi connectivity index (χ1v) is 8.52. The number of carbonyl (C=O) groups excluding carboxylic acids is 3. The molecule has 2 aliphatic heterocycles. The van der Waals surface area contributed by atoms with Gasteiger partial charge in [-0.05, 0) is 39.0 Å². The lowest BCUT2D eigenvalue weighted by Crippen LogP contribution is -2.51. The highest BCUT2D eigenvalue weighted by Gasteiger charge is 2.47. The van der Waals surface area contributed by atoms with Gasteiger partial charge in [0.2, 0.25) is 11.8 Å². The molecule has 3 atom stereocenters. The topological polar surface area (TPSA) is 78.5 Å². The largest absolute Gasteiger partial charge is 0.339 e. The molecule has 2 saturated heterocycles. The van der Waals surface area contributed by atoms with E-state index in [-0.39, 0.29) is 24.8 Å². The molecule has 0 aromatic heterocycles. The Balaban J connectivity index is 1.68. The molecule has 4 amide bonds. The van der Waals surface area contributed by atoms with Crippen LogP contribution in [0.15, 0.2) is 0 Å². The second-order valence-corrected chi connectivity index (χ2v) is 7.42. The molecule has 3 fully saturated rings. The monoisotopic (exact) mass is 343 g/mol. The van der Waals surface area contributed by atoms with Crippen molar-refractivity contribution in [3.8, 4) is 0 Å². The highest BCUT2D eigenvalue weighted by molar-refractivity contribution is 6.06. The van der Waals surface area contributed by atoms with Gasteiger partial charge in [-0.3, -0.25) is 14.9 Å². The Hall–Kier alpha value is -1.73. The zero-order chi connectivity index (χ0) is 17.5. The van der Waals surface area contributed by atoms with Gasteiger partial charge in [-0.15, -0.1) is 0 Å². The maximum Gasteiger partial charge on any atom is 0.322 e. The SMILES string of the molecule is CC1(CC2CCCN2C(=O)C2CCCC(F)(F)C2)NC(=O)NC1=O. The van der Waals surface area contributed by atoms with E-state index in [1.54, 1.807) is 11.8 Å². The van der Waals surface area contributed by atoms with E-state index in [9.17, 15) is 23.2 Å². The van der Waals surface area contributed by atoms with Crippen LogP contribution in [0, 0.1) is 5.92 Å². The number of hydrogen-bond acceptors (Lipinski definition) is 3. The molecule has 24 heavy (non-hydrogen) atoms. The van der Waals surface area contributed by atoms with Crippen molar-refractivity contribution >= 4 is 17.8 Å². The first-order valence-electron chi connectivity index (χ1n) is 8.52. The number of hydrogen-bond donors (Lipinski definition) is 2. The second kappa shape index (κ2) is 5.97. The van der Waals surface area contributed by atoms with Gasteiger partial charge in [0.05, 0.1) is 0 Å². The number of amides is 4. The Morgan fingerprint density at radius 3 is 2.67 bits per heavy atom. The maximum atomic E-state index is 13.6. The summed E-state index contributed by atoms with van der Waals surface area (Å²) in [7, 11) is 0. The minimum absolute atomic E-state index is 0.148. The maximum absolute atomic E-state index is 13.6. The van der Waals surface area contributed by atoms with E-state index >= 15 is 0 Å². The van der Waals surface area contributed by atoms with E-state index in [0.29, 0.717) is 32.2 Å². The zero-order valence-corrected chi connectivity index (χ0v) is 13.7. The lowest BCUT2D eigenvalue weighted by Gasteiger charge is -2.35. The standard InChI is InChI=1S/C16H23F2N3O3/c1-15(13(23)19-14(24)20-15)9-11-5-3-7-21(11)12(22)10-4-2-6-16(17,18)8-10/h10-11H,2-9H2,1H3,(H2,19,20,23,24). The smallest absolute Gasteiger partial charge is 0.322 e. The van der Waals surface area contributed by atoms with Gasteiger partial charge >= 0.3 is 6.03 Å². The number of carbonyl (C=O) groups is 3. The number of likely N-dealkylation sites (tertiary alicyclic amines) is 1. The van der Waals surface area contributed by atoms with Crippen LogP contribution in [-0.2, 0) is 9.59 Å². The number of alkyl halides is 2. The molecular formula is C16H23F2N3O3. The van der Waals surface area contributed by atoms with Gasteiger partial charge in [0.15, 0.2) is 0 Å². The normalized spacial score (nSPS) is 35.7. The molecule has 2 heterocycles. The predicted octanol–water partition coefficient (Wildman–Crippen LogP) is 1.79. The third-order valence-corrected chi connectivity index (χ3v) is 5.41. The molecule has 3 rings (SSSR count). The summed E-state index contributed by atoms with van der Waals surface area (Å²) in [5, 5.41) is 4.81. The number of halogens is 2. The minimum Gasteiger partial charge on any atom is -0.339 e. The minimum atomic E-state index is -2.76. The summed E-state index contributed by atoms with van der Waals surface area (Å²) >= 11 is 0. The van der Waals surface area contributed by atoms with Crippen molar-refractivity contribution < 1.29 is 23.2 Å². The average Bonchev–Trinajstić information content (AvgIpc) is 3.02. The fourth-order valence-corrected chi connectivity index (χ4v) is 4.15. The van der Waals surface area contributed by atoms with E-state index in [1.165, 1.54) is 0 Å². The van der Waals surface area contributed by atoms with Crippen molar-refractivity contribution in [1.82, 2.24) is 15.5 Å². The summed E-state index contributed by atoms with van der Waals surface area (Å²) in [5.41, 5.74) is -1.05. The Kier molecular flexibility index (Phi) is 4.25. The molecule has 0 aromatic carbocycles. The van der Waals surface area contributed by atoms with Crippen LogP contribution in [0.25, 0.3) is 0 Å². The molecular weight excluding hydrogens is 320 g/mol. The van der Waals surface area contributed by atoms with Crippen LogP contribution in [0.2, 0.25) is 0 Å². The average molecular weight is 343 g/mol. The summed E-state index contributed by atoms with van der Waals surface area (Å²) < 4.78 is 27.2. The predicted molar refractivity (Wildman–Crippen MR) is 81.3 cm³/mol. The molecule has 0 aromatic rings. The number of nitrogens with one attached hydrogen (secondary N) is 2. The highest BCUT2D eigenvalue weighted by atomic mass is 19.3. The molecule has 0 radical (unpaired) electrons. The molecule has 1 saturated carbocycles. The summed E-state index contributed by atoms with van der Waals surface area (Å²) in [6.07, 6.45) is 2.12. The van der Waals surface area contributed by atoms with Crippen LogP contribution in [0.3, 0.4) is 0 Å². The highest BCUT2D eigenvalue weighted by Crippen LogP contribution is 2.39. The molecule has 3 aliphatic rings. The third-order valence-electron chi connectivity index (χ3n) is 5.41. The van der Waals surface area contributed by atoms with Crippen molar-refractivity contribution in [3.05, 3.63) is 0 Å². The number of imide groups is 1. The molecule has 1 aliphatic carbocycles. The Labute approximate surface area is 139 Å². The van der Waals surface area contributed by atoms with Crippen molar-refractivity contribution in [1.29, 1.82) is 0 Å². The Morgan fingerprint density at radius 1 is 1.29 bits per heavy atom. The fraction of sp³-hybridized carbons (Fsp3) is 0.812. The van der Waals surface area contributed by atoms with Gasteiger partial charge in [-0.25, -0.2) is 13.6 Å². The van der Waals surface area contributed by atoms with Crippen LogP contribution in [0.1, 0.15) is 51.9 Å². The number of nitrogens with zero attached hydrogens (tertiary/aromatic N) is 1. The molecule has 0 spiro atoms. The molecule has 2 N–H and O–H groups in total. The van der Waals surface area contributed by atoms with Crippen LogP contribution < -0.4 is 10.6 Å². The van der Waals surface area contributed by atoms with Gasteiger partial charge in [0.1, 0.15) is 5.54 Å². The quantitative estimate of drug-likeness (QED) is 0.767. The molecule has 6 nitrogen and oxygen atoms in total. The van der Waals surface area contributed by atoms with Gasteiger partial charge in [0, 0.05) is 31.3 Å². The molecule has 8 heteroatoms. The summed E-state index contributed by atoms with van der Waals surface area (Å²) in [4.78, 5) is 37.7. The van der Waals surface area contributed by atoms with Crippen LogP contribution in [0.4, 0.5) is 13.6 Å². The van der Waals surface area contributed by atoms with E-state index in [1.807, 2.05) is 0 Å². The van der Waals surface area contributed by atoms with Crippen molar-refractivity contribution in [3.63, 3.8) is 0 Å². The lowest BCUT2D eigenvalue weighted by atomic mass is 9.85. The van der Waals surface area contributed by atoms with Crippen LogP contribution in [0.5, 0.6) is 0 Å². The van der Waals surface area contributed by atoms with E-state index in [0.717, 1.165) is 6.42 Å². The zero-order valence-electron chi connectivity index (χ0n) is 13.7. The first-order chi connectivity index (χ1) is 11.2. The van der Waals surface area contributed by atoms with E-state index in [4.69, 9.17) is 0 Å². The van der Waals surface area contributed by atoms with Crippen molar-refractivity contribution in [2.45, 2.75) is 69.4 Å². The van der Waals surface area contributed by atoms with Gasteiger partial charge < -0.3 is 10.2 Å². The van der Waals surface area contributed by atoms with E-state index < -0.39 is 29.3 Å². The van der Waals surface area contributed by atoms with E-state index in [2.05, 4.69) is 10.6 Å². The van der Waals surface area contributed by atoms with Crippen LogP contribution in [-0.4, -0.2) is 46.8 Å².